The van der Waals surface area contributed by atoms with Crippen LogP contribution in [0.2, 0.25) is 0 Å². The minimum absolute atomic E-state index is 0.0948. The van der Waals surface area contributed by atoms with E-state index < -0.39 is 5.97 Å². The molecule has 4 nitrogen and oxygen atoms in total. The van der Waals surface area contributed by atoms with E-state index in [2.05, 4.69) is 0 Å². The Morgan fingerprint density at radius 1 is 1.04 bits per heavy atom. The average molecular weight is 312 g/mol. The maximum Gasteiger partial charge on any atom is 0.342 e. The topological polar surface area (TPSA) is 52.6 Å². The van der Waals surface area contributed by atoms with Crippen molar-refractivity contribution in [3.8, 4) is 5.75 Å². The second kappa shape index (κ2) is 7.58. The maximum absolute atomic E-state index is 12.3. The van der Waals surface area contributed by atoms with Crippen LogP contribution < -0.4 is 4.74 Å². The average Bonchev–Trinajstić information content (AvgIpc) is 2.53. The van der Waals surface area contributed by atoms with E-state index in [1.54, 1.807) is 26.0 Å². The Morgan fingerprint density at radius 3 is 2.35 bits per heavy atom. The molecule has 120 valence electrons. The standard InChI is InChI=1S/C19H20O4/c1-4-22-19(21)18-13(2)16(14(3)20)10-11-17(18)23-12-15-8-6-5-7-9-15/h5-11H,4,12H2,1-3H3. The highest BCUT2D eigenvalue weighted by molar-refractivity contribution is 6.01. The van der Waals surface area contributed by atoms with Crippen LogP contribution in [0.4, 0.5) is 0 Å². The van der Waals surface area contributed by atoms with Crippen LogP contribution >= 0.6 is 0 Å². The number of Topliss-reactive ketones (excluding diaryl/α,β-unsaturated/α-hetero) is 1. The SMILES string of the molecule is CCOC(=O)c1c(OCc2ccccc2)ccc(C(C)=O)c1C. The van der Waals surface area contributed by atoms with E-state index in [-0.39, 0.29) is 12.4 Å². The van der Waals surface area contributed by atoms with E-state index >= 15 is 0 Å². The highest BCUT2D eigenvalue weighted by atomic mass is 16.5. The first-order valence-corrected chi connectivity index (χ1v) is 7.53. The fraction of sp³-hybridized carbons (Fsp3) is 0.263. The first-order valence-electron chi connectivity index (χ1n) is 7.53. The zero-order valence-corrected chi connectivity index (χ0v) is 13.6. The summed E-state index contributed by atoms with van der Waals surface area (Å²) in [7, 11) is 0. The molecular formula is C19H20O4. The molecule has 0 radical (unpaired) electrons. The highest BCUT2D eigenvalue weighted by Gasteiger charge is 2.21. The second-order valence-corrected chi connectivity index (χ2v) is 5.16. The van der Waals surface area contributed by atoms with Gasteiger partial charge in [0.1, 0.15) is 17.9 Å². The quantitative estimate of drug-likeness (QED) is 0.598. The maximum atomic E-state index is 12.3. The summed E-state index contributed by atoms with van der Waals surface area (Å²) >= 11 is 0. The molecule has 0 fully saturated rings. The van der Waals surface area contributed by atoms with E-state index in [0.29, 0.717) is 29.0 Å². The molecule has 0 spiro atoms. The van der Waals surface area contributed by atoms with Gasteiger partial charge in [-0.2, -0.15) is 0 Å². The van der Waals surface area contributed by atoms with Crippen molar-refractivity contribution >= 4 is 11.8 Å². The third-order valence-corrected chi connectivity index (χ3v) is 3.52. The van der Waals surface area contributed by atoms with Crippen molar-refractivity contribution in [2.24, 2.45) is 0 Å². The molecule has 0 aromatic heterocycles. The Hall–Kier alpha value is -2.62. The number of ketones is 1. The molecule has 0 saturated heterocycles. The zero-order valence-electron chi connectivity index (χ0n) is 13.6. The van der Waals surface area contributed by atoms with Gasteiger partial charge in [0.05, 0.1) is 6.61 Å². The van der Waals surface area contributed by atoms with Crippen LogP contribution in [0.3, 0.4) is 0 Å². The van der Waals surface area contributed by atoms with Crippen molar-refractivity contribution in [1.29, 1.82) is 0 Å². The van der Waals surface area contributed by atoms with E-state index in [9.17, 15) is 9.59 Å². The summed E-state index contributed by atoms with van der Waals surface area (Å²) in [6.45, 7) is 5.56. The molecule has 0 heterocycles. The normalized spacial score (nSPS) is 10.2. The van der Waals surface area contributed by atoms with Gasteiger partial charge in [-0.15, -0.1) is 0 Å². The molecule has 0 N–H and O–H groups in total. The molecule has 0 bridgehead atoms. The van der Waals surface area contributed by atoms with Crippen molar-refractivity contribution in [3.05, 3.63) is 64.7 Å². The van der Waals surface area contributed by atoms with Gasteiger partial charge in [-0.3, -0.25) is 4.79 Å². The summed E-state index contributed by atoms with van der Waals surface area (Å²) in [4.78, 5) is 24.0. The van der Waals surface area contributed by atoms with Crippen LogP contribution in [0.1, 0.15) is 45.7 Å². The van der Waals surface area contributed by atoms with Gasteiger partial charge in [-0.05, 0) is 44.0 Å². The monoisotopic (exact) mass is 312 g/mol. The number of esters is 1. The predicted molar refractivity (Wildman–Crippen MR) is 87.9 cm³/mol. The smallest absolute Gasteiger partial charge is 0.342 e. The van der Waals surface area contributed by atoms with Gasteiger partial charge in [0.2, 0.25) is 0 Å². The summed E-state index contributed by atoms with van der Waals surface area (Å²) in [6, 6.07) is 13.0. The van der Waals surface area contributed by atoms with Crippen molar-refractivity contribution in [2.45, 2.75) is 27.4 Å². The Kier molecular flexibility index (Phi) is 5.52. The number of carbonyl (C=O) groups excluding carboxylic acids is 2. The molecule has 2 aromatic rings. The van der Waals surface area contributed by atoms with Gasteiger partial charge in [0.15, 0.2) is 5.78 Å². The number of ether oxygens (including phenoxy) is 2. The first kappa shape index (κ1) is 16.7. The summed E-state index contributed by atoms with van der Waals surface area (Å²) < 4.78 is 10.9. The predicted octanol–water partition coefficient (Wildman–Crippen LogP) is 3.95. The lowest BCUT2D eigenvalue weighted by molar-refractivity contribution is 0.0520. The van der Waals surface area contributed by atoms with Gasteiger partial charge < -0.3 is 9.47 Å². The number of carbonyl (C=O) groups is 2. The van der Waals surface area contributed by atoms with Gasteiger partial charge in [0, 0.05) is 5.56 Å². The fourth-order valence-electron chi connectivity index (χ4n) is 2.38. The first-order chi connectivity index (χ1) is 11.0. The molecule has 0 amide bonds. The van der Waals surface area contributed by atoms with Crippen LogP contribution in [0.15, 0.2) is 42.5 Å². The van der Waals surface area contributed by atoms with Crippen molar-refractivity contribution in [1.82, 2.24) is 0 Å². The van der Waals surface area contributed by atoms with Crippen molar-refractivity contribution in [2.75, 3.05) is 6.61 Å². The molecule has 0 atom stereocenters. The van der Waals surface area contributed by atoms with E-state index in [0.717, 1.165) is 5.56 Å². The lowest BCUT2D eigenvalue weighted by atomic mass is 9.99. The number of rotatable bonds is 6. The molecule has 0 aliphatic heterocycles. The van der Waals surface area contributed by atoms with Crippen molar-refractivity contribution in [3.63, 3.8) is 0 Å². The summed E-state index contributed by atoms with van der Waals surface area (Å²) in [5.74, 6) is -0.145. The van der Waals surface area contributed by atoms with Crippen LogP contribution in [0, 0.1) is 6.92 Å². The summed E-state index contributed by atoms with van der Waals surface area (Å²) in [5, 5.41) is 0. The van der Waals surface area contributed by atoms with Gasteiger partial charge in [-0.1, -0.05) is 30.3 Å². The largest absolute Gasteiger partial charge is 0.488 e. The van der Waals surface area contributed by atoms with Gasteiger partial charge in [-0.25, -0.2) is 4.79 Å². The Balaban J connectivity index is 2.35. The molecule has 0 saturated carbocycles. The fourth-order valence-corrected chi connectivity index (χ4v) is 2.38. The molecule has 0 unspecified atom stereocenters. The molecule has 2 rings (SSSR count). The minimum Gasteiger partial charge on any atom is -0.488 e. The Bertz CT molecular complexity index is 705. The van der Waals surface area contributed by atoms with E-state index in [1.165, 1.54) is 6.92 Å². The lowest BCUT2D eigenvalue weighted by Crippen LogP contribution is -2.12. The van der Waals surface area contributed by atoms with Gasteiger partial charge >= 0.3 is 5.97 Å². The molecule has 0 aliphatic rings. The number of hydrogen-bond donors (Lipinski definition) is 0. The molecule has 0 aliphatic carbocycles. The minimum atomic E-state index is -0.476. The van der Waals surface area contributed by atoms with Crippen LogP contribution in [0.5, 0.6) is 5.75 Å². The molecule has 23 heavy (non-hydrogen) atoms. The lowest BCUT2D eigenvalue weighted by Gasteiger charge is -2.15. The Labute approximate surface area is 136 Å². The third kappa shape index (κ3) is 3.97. The third-order valence-electron chi connectivity index (χ3n) is 3.52. The molecule has 2 aromatic carbocycles. The van der Waals surface area contributed by atoms with Crippen molar-refractivity contribution < 1.29 is 19.1 Å². The Morgan fingerprint density at radius 2 is 1.74 bits per heavy atom. The van der Waals surface area contributed by atoms with Crippen LogP contribution in [0.25, 0.3) is 0 Å². The second-order valence-electron chi connectivity index (χ2n) is 5.16. The highest BCUT2D eigenvalue weighted by Crippen LogP contribution is 2.27. The van der Waals surface area contributed by atoms with E-state index in [4.69, 9.17) is 9.47 Å². The van der Waals surface area contributed by atoms with Crippen LogP contribution in [-0.2, 0) is 11.3 Å². The number of hydrogen-bond acceptors (Lipinski definition) is 4. The number of benzene rings is 2. The summed E-state index contributed by atoms with van der Waals surface area (Å²) in [6.07, 6.45) is 0. The van der Waals surface area contributed by atoms with Gasteiger partial charge in [0.25, 0.3) is 0 Å². The zero-order chi connectivity index (χ0) is 16.8. The van der Waals surface area contributed by atoms with Crippen LogP contribution in [-0.4, -0.2) is 18.4 Å². The molecule has 4 heteroatoms. The molecular weight excluding hydrogens is 292 g/mol. The summed E-state index contributed by atoms with van der Waals surface area (Å²) in [5.41, 5.74) is 2.40. The van der Waals surface area contributed by atoms with E-state index in [1.807, 2.05) is 30.3 Å².